The zero-order valence-electron chi connectivity index (χ0n) is 8.87. The fourth-order valence-corrected chi connectivity index (χ4v) is 1.40. The van der Waals surface area contributed by atoms with Crippen LogP contribution >= 0.6 is 11.6 Å². The number of urea groups is 1. The number of amides is 2. The Morgan fingerprint density at radius 1 is 1.35 bits per heavy atom. The molecule has 0 fully saturated rings. The van der Waals surface area contributed by atoms with Crippen molar-refractivity contribution in [3.8, 4) is 0 Å². The molecule has 0 aromatic heterocycles. The maximum atomic E-state index is 10.9. The van der Waals surface area contributed by atoms with Gasteiger partial charge in [0, 0.05) is 23.8 Å². The number of benzene rings is 1. The molecular formula is C10H12ClN3O3. The van der Waals surface area contributed by atoms with E-state index >= 15 is 0 Å². The van der Waals surface area contributed by atoms with Crippen molar-refractivity contribution in [1.82, 2.24) is 5.32 Å². The van der Waals surface area contributed by atoms with Gasteiger partial charge in [0.1, 0.15) is 0 Å². The van der Waals surface area contributed by atoms with E-state index in [0.717, 1.165) is 0 Å². The summed E-state index contributed by atoms with van der Waals surface area (Å²) in [4.78, 5) is 21.3. The molecule has 0 saturated heterocycles. The van der Waals surface area contributed by atoms with E-state index < -0.39 is 12.0 Å². The molecule has 0 atom stereocenters. The topological polar surface area (TPSA) is 104 Å². The smallest absolute Gasteiger partial charge is 0.337 e. The Balaban J connectivity index is 2.64. The number of primary amides is 1. The van der Waals surface area contributed by atoms with Crippen LogP contribution in [0.4, 0.5) is 10.5 Å². The van der Waals surface area contributed by atoms with Crippen molar-refractivity contribution in [3.63, 3.8) is 0 Å². The second kappa shape index (κ2) is 5.95. The normalized spacial score (nSPS) is 9.71. The standard InChI is InChI=1S/C10H12ClN3O3/c11-6-1-2-8(7(5-6)9(15)16)13-3-4-14-10(12)17/h1-2,5,13H,3-4H2,(H,15,16)(H3,12,14,17). The van der Waals surface area contributed by atoms with Gasteiger partial charge in [-0.25, -0.2) is 9.59 Å². The number of carbonyl (C=O) groups excluding carboxylic acids is 1. The lowest BCUT2D eigenvalue weighted by Gasteiger charge is -2.09. The van der Waals surface area contributed by atoms with Crippen molar-refractivity contribution in [3.05, 3.63) is 28.8 Å². The number of carboxylic acid groups (broad SMARTS) is 1. The molecule has 1 aromatic rings. The summed E-state index contributed by atoms with van der Waals surface area (Å²) < 4.78 is 0. The molecule has 0 heterocycles. The summed E-state index contributed by atoms with van der Waals surface area (Å²) in [6, 6.07) is 3.88. The third-order valence-electron chi connectivity index (χ3n) is 1.95. The highest BCUT2D eigenvalue weighted by Gasteiger charge is 2.09. The molecule has 0 unspecified atom stereocenters. The number of carboxylic acids is 1. The van der Waals surface area contributed by atoms with Crippen molar-refractivity contribution in [2.45, 2.75) is 0 Å². The Labute approximate surface area is 103 Å². The summed E-state index contributed by atoms with van der Waals surface area (Å²) >= 11 is 5.70. The molecule has 1 aromatic carbocycles. The minimum Gasteiger partial charge on any atom is -0.478 e. The molecule has 92 valence electrons. The SMILES string of the molecule is NC(=O)NCCNc1ccc(Cl)cc1C(=O)O. The number of rotatable bonds is 5. The minimum atomic E-state index is -1.07. The number of aromatic carboxylic acids is 1. The van der Waals surface area contributed by atoms with E-state index in [1.54, 1.807) is 12.1 Å². The third-order valence-corrected chi connectivity index (χ3v) is 2.19. The van der Waals surface area contributed by atoms with Gasteiger partial charge in [-0.05, 0) is 18.2 Å². The van der Waals surface area contributed by atoms with Crippen molar-refractivity contribution < 1.29 is 14.7 Å². The summed E-state index contributed by atoms with van der Waals surface area (Å²) in [5.74, 6) is -1.07. The quantitative estimate of drug-likeness (QED) is 0.593. The predicted molar refractivity (Wildman–Crippen MR) is 64.5 cm³/mol. The lowest BCUT2D eigenvalue weighted by molar-refractivity contribution is 0.0698. The van der Waals surface area contributed by atoms with Crippen molar-refractivity contribution >= 4 is 29.3 Å². The molecule has 0 spiro atoms. The average Bonchev–Trinajstić information content (AvgIpc) is 2.25. The zero-order valence-corrected chi connectivity index (χ0v) is 9.62. The van der Waals surface area contributed by atoms with Crippen LogP contribution < -0.4 is 16.4 Å². The summed E-state index contributed by atoms with van der Waals surface area (Å²) in [6.07, 6.45) is 0. The first kappa shape index (κ1) is 13.1. The predicted octanol–water partition coefficient (Wildman–Crippen LogP) is 1.12. The Hall–Kier alpha value is -1.95. The molecule has 17 heavy (non-hydrogen) atoms. The second-order valence-corrected chi connectivity index (χ2v) is 3.65. The lowest BCUT2D eigenvalue weighted by Crippen LogP contribution is -2.33. The molecule has 0 aliphatic heterocycles. The number of halogens is 1. The maximum Gasteiger partial charge on any atom is 0.337 e. The highest BCUT2D eigenvalue weighted by atomic mass is 35.5. The van der Waals surface area contributed by atoms with E-state index in [9.17, 15) is 9.59 Å². The molecule has 0 aliphatic rings. The molecule has 0 radical (unpaired) electrons. The van der Waals surface area contributed by atoms with Crippen LogP contribution in [0.2, 0.25) is 5.02 Å². The van der Waals surface area contributed by atoms with Gasteiger partial charge >= 0.3 is 12.0 Å². The highest BCUT2D eigenvalue weighted by Crippen LogP contribution is 2.20. The molecule has 0 saturated carbocycles. The van der Waals surface area contributed by atoms with Gasteiger partial charge in [0.15, 0.2) is 0 Å². The monoisotopic (exact) mass is 257 g/mol. The number of hydrogen-bond donors (Lipinski definition) is 4. The molecule has 7 heteroatoms. The van der Waals surface area contributed by atoms with E-state index in [2.05, 4.69) is 10.6 Å². The fourth-order valence-electron chi connectivity index (χ4n) is 1.23. The van der Waals surface area contributed by atoms with E-state index in [4.69, 9.17) is 22.4 Å². The Bertz CT molecular complexity index is 437. The molecule has 2 amide bonds. The minimum absolute atomic E-state index is 0.0802. The number of nitrogens with two attached hydrogens (primary N) is 1. The van der Waals surface area contributed by atoms with Crippen LogP contribution in [0, 0.1) is 0 Å². The van der Waals surface area contributed by atoms with Crippen LogP contribution in [-0.4, -0.2) is 30.2 Å². The van der Waals surface area contributed by atoms with Crippen molar-refractivity contribution in [1.29, 1.82) is 0 Å². The van der Waals surface area contributed by atoms with Crippen LogP contribution in [-0.2, 0) is 0 Å². The van der Waals surface area contributed by atoms with Gasteiger partial charge in [0.05, 0.1) is 5.56 Å². The molecule has 6 nitrogen and oxygen atoms in total. The van der Waals surface area contributed by atoms with E-state index in [1.165, 1.54) is 6.07 Å². The molecular weight excluding hydrogens is 246 g/mol. The summed E-state index contributed by atoms with van der Waals surface area (Å²) in [5, 5.41) is 14.5. The molecule has 1 rings (SSSR count). The summed E-state index contributed by atoms with van der Waals surface area (Å²) in [5.41, 5.74) is 5.40. The fraction of sp³-hybridized carbons (Fsp3) is 0.200. The maximum absolute atomic E-state index is 10.9. The number of hydrogen-bond acceptors (Lipinski definition) is 3. The van der Waals surface area contributed by atoms with Gasteiger partial charge in [-0.2, -0.15) is 0 Å². The lowest BCUT2D eigenvalue weighted by atomic mass is 10.2. The highest BCUT2D eigenvalue weighted by molar-refractivity contribution is 6.31. The van der Waals surface area contributed by atoms with Crippen LogP contribution in [0.1, 0.15) is 10.4 Å². The average molecular weight is 258 g/mol. The van der Waals surface area contributed by atoms with Gasteiger partial charge in [0.25, 0.3) is 0 Å². The van der Waals surface area contributed by atoms with Crippen LogP contribution in [0.25, 0.3) is 0 Å². The molecule has 0 aliphatic carbocycles. The van der Waals surface area contributed by atoms with Gasteiger partial charge < -0.3 is 21.5 Å². The first-order valence-electron chi connectivity index (χ1n) is 4.80. The number of anilines is 1. The Kier molecular flexibility index (Phi) is 4.59. The van der Waals surface area contributed by atoms with Crippen molar-refractivity contribution in [2.24, 2.45) is 5.73 Å². The molecule has 5 N–H and O–H groups in total. The largest absolute Gasteiger partial charge is 0.478 e. The Morgan fingerprint density at radius 2 is 2.06 bits per heavy atom. The van der Waals surface area contributed by atoms with Crippen LogP contribution in [0.3, 0.4) is 0 Å². The van der Waals surface area contributed by atoms with Crippen LogP contribution in [0.5, 0.6) is 0 Å². The van der Waals surface area contributed by atoms with Gasteiger partial charge in [0.2, 0.25) is 0 Å². The zero-order chi connectivity index (χ0) is 12.8. The summed E-state index contributed by atoms with van der Waals surface area (Å²) in [7, 11) is 0. The summed E-state index contributed by atoms with van der Waals surface area (Å²) in [6.45, 7) is 0.669. The third kappa shape index (κ3) is 4.20. The van der Waals surface area contributed by atoms with E-state index in [0.29, 0.717) is 23.8 Å². The number of nitrogens with one attached hydrogen (secondary N) is 2. The van der Waals surface area contributed by atoms with Crippen LogP contribution in [0.15, 0.2) is 18.2 Å². The van der Waals surface area contributed by atoms with E-state index in [1.807, 2.05) is 0 Å². The Morgan fingerprint density at radius 3 is 2.65 bits per heavy atom. The van der Waals surface area contributed by atoms with Gasteiger partial charge in [-0.1, -0.05) is 11.6 Å². The first-order valence-corrected chi connectivity index (χ1v) is 5.18. The molecule has 0 bridgehead atoms. The first-order chi connectivity index (χ1) is 8.00. The number of carbonyl (C=O) groups is 2. The second-order valence-electron chi connectivity index (χ2n) is 3.21. The van der Waals surface area contributed by atoms with E-state index in [-0.39, 0.29) is 5.56 Å². The van der Waals surface area contributed by atoms with Gasteiger partial charge in [-0.3, -0.25) is 0 Å². The van der Waals surface area contributed by atoms with Crippen molar-refractivity contribution in [2.75, 3.05) is 18.4 Å². The van der Waals surface area contributed by atoms with Gasteiger partial charge in [-0.15, -0.1) is 0 Å².